The number of ether oxygens (including phenoxy) is 1. The molecular formula is C26H32Cl2N2O3. The second-order valence-electron chi connectivity index (χ2n) is 8.59. The third kappa shape index (κ3) is 7.12. The van der Waals surface area contributed by atoms with E-state index in [1.54, 1.807) is 23.1 Å². The number of benzene rings is 2. The maximum absolute atomic E-state index is 13.3. The summed E-state index contributed by atoms with van der Waals surface area (Å²) in [5.74, 6) is 0.165. The van der Waals surface area contributed by atoms with E-state index in [9.17, 15) is 9.59 Å². The van der Waals surface area contributed by atoms with Crippen LogP contribution in [-0.4, -0.2) is 35.4 Å². The van der Waals surface area contributed by atoms with E-state index in [-0.39, 0.29) is 31.0 Å². The summed E-state index contributed by atoms with van der Waals surface area (Å²) in [6, 6.07) is 12.2. The summed E-state index contributed by atoms with van der Waals surface area (Å²) in [6.45, 7) is 3.84. The van der Waals surface area contributed by atoms with E-state index in [0.29, 0.717) is 27.8 Å². The van der Waals surface area contributed by atoms with Gasteiger partial charge in [0.2, 0.25) is 5.91 Å². The Morgan fingerprint density at radius 1 is 1.06 bits per heavy atom. The first-order valence-corrected chi connectivity index (χ1v) is 12.4. The van der Waals surface area contributed by atoms with Crippen LogP contribution >= 0.6 is 23.2 Å². The van der Waals surface area contributed by atoms with E-state index < -0.39 is 6.04 Å². The number of nitrogens with one attached hydrogen (secondary N) is 1. The van der Waals surface area contributed by atoms with Gasteiger partial charge >= 0.3 is 0 Å². The number of rotatable bonds is 9. The highest BCUT2D eigenvalue weighted by Crippen LogP contribution is 2.27. The van der Waals surface area contributed by atoms with Crippen LogP contribution in [0.3, 0.4) is 0 Å². The summed E-state index contributed by atoms with van der Waals surface area (Å²) in [6.07, 6.45) is 5.85. The second kappa shape index (κ2) is 12.3. The molecule has 178 valence electrons. The molecule has 1 fully saturated rings. The number of nitrogens with zero attached hydrogens (tertiary/aromatic N) is 1. The highest BCUT2D eigenvalue weighted by atomic mass is 35.5. The van der Waals surface area contributed by atoms with Crippen LogP contribution in [0.5, 0.6) is 5.75 Å². The van der Waals surface area contributed by atoms with Crippen molar-refractivity contribution in [3.8, 4) is 5.75 Å². The third-order valence-corrected chi connectivity index (χ3v) is 6.82. The molecule has 0 heterocycles. The summed E-state index contributed by atoms with van der Waals surface area (Å²) in [5.41, 5.74) is 1.72. The molecule has 1 N–H and O–H groups in total. The molecule has 5 nitrogen and oxygen atoms in total. The molecule has 0 bridgehead atoms. The van der Waals surface area contributed by atoms with Crippen molar-refractivity contribution in [2.75, 3.05) is 6.61 Å². The molecule has 0 saturated heterocycles. The van der Waals surface area contributed by atoms with Gasteiger partial charge < -0.3 is 15.0 Å². The molecule has 1 aliphatic rings. The average molecular weight is 491 g/mol. The molecular weight excluding hydrogens is 459 g/mol. The molecule has 0 aromatic heterocycles. The molecule has 0 radical (unpaired) electrons. The zero-order chi connectivity index (χ0) is 23.8. The van der Waals surface area contributed by atoms with Gasteiger partial charge in [-0.3, -0.25) is 9.59 Å². The summed E-state index contributed by atoms with van der Waals surface area (Å²) in [5, 5.41) is 4.08. The highest BCUT2D eigenvalue weighted by molar-refractivity contribution is 6.36. The van der Waals surface area contributed by atoms with Crippen molar-refractivity contribution < 1.29 is 14.3 Å². The third-order valence-electron chi connectivity index (χ3n) is 6.11. The van der Waals surface area contributed by atoms with Crippen LogP contribution in [0.25, 0.3) is 0 Å². The van der Waals surface area contributed by atoms with E-state index in [1.807, 2.05) is 38.1 Å². The zero-order valence-corrected chi connectivity index (χ0v) is 20.8. The van der Waals surface area contributed by atoms with E-state index in [0.717, 1.165) is 31.2 Å². The first kappa shape index (κ1) is 25.4. The number of carbonyl (C=O) groups excluding carboxylic acids is 2. The Hall–Kier alpha value is -2.24. The van der Waals surface area contributed by atoms with Crippen LogP contribution in [0.2, 0.25) is 10.0 Å². The van der Waals surface area contributed by atoms with Gasteiger partial charge in [0.1, 0.15) is 11.8 Å². The molecule has 0 spiro atoms. The Balaban J connectivity index is 1.79. The fourth-order valence-electron chi connectivity index (χ4n) is 4.18. The van der Waals surface area contributed by atoms with Gasteiger partial charge in [0, 0.05) is 28.2 Å². The molecule has 7 heteroatoms. The van der Waals surface area contributed by atoms with Crippen molar-refractivity contribution in [1.29, 1.82) is 0 Å². The van der Waals surface area contributed by atoms with E-state index >= 15 is 0 Å². The Labute approximate surface area is 206 Å². The van der Waals surface area contributed by atoms with Gasteiger partial charge in [0.15, 0.2) is 6.61 Å². The quantitative estimate of drug-likeness (QED) is 0.473. The van der Waals surface area contributed by atoms with Crippen molar-refractivity contribution in [3.05, 3.63) is 63.6 Å². The monoisotopic (exact) mass is 490 g/mol. The maximum Gasteiger partial charge on any atom is 0.261 e. The number of hydrogen-bond acceptors (Lipinski definition) is 3. The lowest BCUT2D eigenvalue weighted by Crippen LogP contribution is -2.52. The zero-order valence-electron chi connectivity index (χ0n) is 19.3. The summed E-state index contributed by atoms with van der Waals surface area (Å²) < 4.78 is 5.74. The summed E-state index contributed by atoms with van der Waals surface area (Å²) in [4.78, 5) is 28.1. The van der Waals surface area contributed by atoms with Crippen molar-refractivity contribution in [2.45, 2.75) is 71.0 Å². The molecule has 33 heavy (non-hydrogen) atoms. The topological polar surface area (TPSA) is 58.6 Å². The maximum atomic E-state index is 13.3. The van der Waals surface area contributed by atoms with E-state index in [2.05, 4.69) is 5.32 Å². The van der Waals surface area contributed by atoms with Crippen LogP contribution in [0, 0.1) is 6.92 Å². The van der Waals surface area contributed by atoms with E-state index in [1.165, 1.54) is 6.42 Å². The minimum absolute atomic E-state index is 0.130. The molecule has 0 unspecified atom stereocenters. The lowest BCUT2D eigenvalue weighted by atomic mass is 9.95. The highest BCUT2D eigenvalue weighted by Gasteiger charge is 2.31. The minimum atomic E-state index is -0.645. The second-order valence-corrected chi connectivity index (χ2v) is 9.41. The van der Waals surface area contributed by atoms with Gasteiger partial charge in [0.25, 0.3) is 5.91 Å². The van der Waals surface area contributed by atoms with E-state index in [4.69, 9.17) is 27.9 Å². The number of hydrogen-bond donors (Lipinski definition) is 1. The predicted octanol–water partition coefficient (Wildman–Crippen LogP) is 5.94. The molecule has 1 saturated carbocycles. The van der Waals surface area contributed by atoms with Gasteiger partial charge in [-0.1, -0.05) is 73.2 Å². The van der Waals surface area contributed by atoms with Crippen molar-refractivity contribution in [1.82, 2.24) is 10.2 Å². The smallest absolute Gasteiger partial charge is 0.261 e. The Morgan fingerprint density at radius 3 is 2.30 bits per heavy atom. The summed E-state index contributed by atoms with van der Waals surface area (Å²) >= 11 is 12.8. The van der Waals surface area contributed by atoms with Crippen LogP contribution in [0.15, 0.2) is 42.5 Å². The molecule has 0 aliphatic heterocycles. The first-order chi connectivity index (χ1) is 15.9. The normalized spacial score (nSPS) is 15.0. The molecule has 2 aromatic rings. The summed E-state index contributed by atoms with van der Waals surface area (Å²) in [7, 11) is 0. The molecule has 3 rings (SSSR count). The van der Waals surface area contributed by atoms with Gasteiger partial charge in [0.05, 0.1) is 0 Å². The largest absolute Gasteiger partial charge is 0.484 e. The average Bonchev–Trinajstić information content (AvgIpc) is 2.81. The van der Waals surface area contributed by atoms with Gasteiger partial charge in [-0.25, -0.2) is 0 Å². The van der Waals surface area contributed by atoms with Crippen molar-refractivity contribution in [3.63, 3.8) is 0 Å². The Kier molecular flexibility index (Phi) is 9.45. The standard InChI is InChI=1S/C26H32Cl2N2O3/c1-3-24(26(32)29-19-8-5-4-6-9-19)30(16-21-22(27)10-7-11-23(21)28)25(31)17-33-20-14-12-18(2)13-15-20/h7,10-15,19,24H,3-6,8-9,16-17H2,1-2H3,(H,29,32)/t24-/m0/s1. The molecule has 2 aromatic carbocycles. The van der Waals surface area contributed by atoms with Crippen LogP contribution in [-0.2, 0) is 16.1 Å². The molecule has 1 atom stereocenters. The lowest BCUT2D eigenvalue weighted by Gasteiger charge is -2.33. The minimum Gasteiger partial charge on any atom is -0.484 e. The van der Waals surface area contributed by atoms with Gasteiger partial charge in [-0.2, -0.15) is 0 Å². The van der Waals surface area contributed by atoms with Gasteiger partial charge in [-0.05, 0) is 50.5 Å². The van der Waals surface area contributed by atoms with Crippen LogP contribution in [0.1, 0.15) is 56.6 Å². The van der Waals surface area contributed by atoms with Crippen molar-refractivity contribution in [2.24, 2.45) is 0 Å². The lowest BCUT2D eigenvalue weighted by molar-refractivity contribution is -0.143. The number of aryl methyl sites for hydroxylation is 1. The number of amides is 2. The fraction of sp³-hybridized carbons (Fsp3) is 0.462. The molecule has 2 amide bonds. The van der Waals surface area contributed by atoms with Gasteiger partial charge in [-0.15, -0.1) is 0 Å². The predicted molar refractivity (Wildman–Crippen MR) is 133 cm³/mol. The first-order valence-electron chi connectivity index (χ1n) is 11.6. The van der Waals surface area contributed by atoms with Crippen molar-refractivity contribution >= 4 is 35.0 Å². The Bertz CT molecular complexity index is 923. The SMILES string of the molecule is CC[C@@H](C(=O)NC1CCCCC1)N(Cc1c(Cl)cccc1Cl)C(=O)COc1ccc(C)cc1. The Morgan fingerprint density at radius 2 is 1.70 bits per heavy atom. The number of halogens is 2. The fourth-order valence-corrected chi connectivity index (χ4v) is 4.70. The number of carbonyl (C=O) groups is 2. The molecule has 1 aliphatic carbocycles. The van der Waals surface area contributed by atoms with Crippen LogP contribution in [0.4, 0.5) is 0 Å². The van der Waals surface area contributed by atoms with Crippen LogP contribution < -0.4 is 10.1 Å².